The second-order valence-electron chi connectivity index (χ2n) is 15.6. The van der Waals surface area contributed by atoms with E-state index in [4.69, 9.17) is 18.5 Å². The number of rotatable bonds is 42. The zero-order valence-electron chi connectivity index (χ0n) is 37.9. The van der Waals surface area contributed by atoms with Gasteiger partial charge in [0, 0.05) is 19.4 Å². The van der Waals surface area contributed by atoms with Gasteiger partial charge in [0.25, 0.3) is 0 Å². The van der Waals surface area contributed by atoms with Crippen LogP contribution in [-0.2, 0) is 32.7 Å². The monoisotopic (exact) mass is 848 g/mol. The Balaban J connectivity index is 4.35. The molecule has 9 nitrogen and oxygen atoms in total. The Kier molecular flexibility index (Phi) is 41.7. The lowest BCUT2D eigenvalue weighted by Gasteiger charge is -2.20. The molecule has 1 N–H and O–H groups in total. The average Bonchev–Trinajstić information content (AvgIpc) is 3.20. The Morgan fingerprint density at radius 2 is 0.932 bits per heavy atom. The number of likely N-dealkylation sites (N-methyl/N-ethyl adjacent to an activating group) is 1. The van der Waals surface area contributed by atoms with Crippen molar-refractivity contribution < 1.29 is 37.6 Å². The first-order chi connectivity index (χ1) is 28.7. The number of hydrogen-bond acceptors (Lipinski definition) is 8. The SMILES string of the molecule is CCCCC/C=C\C/C=C\C/C=C\C/C=C\CCCC(=O)OCC(COP(=O)(O)OCCN(C)C)OC(=O)CCCCCCCCCCC/C=C\C/C=C\CCCCC. The van der Waals surface area contributed by atoms with E-state index >= 15 is 0 Å². The molecule has 0 aliphatic carbocycles. The van der Waals surface area contributed by atoms with Crippen LogP contribution >= 0.6 is 7.82 Å². The van der Waals surface area contributed by atoms with E-state index in [0.717, 1.165) is 57.8 Å². The van der Waals surface area contributed by atoms with Crippen molar-refractivity contribution in [3.8, 4) is 0 Å². The second-order valence-corrected chi connectivity index (χ2v) is 17.0. The van der Waals surface area contributed by atoms with Gasteiger partial charge < -0.3 is 19.3 Å². The summed E-state index contributed by atoms with van der Waals surface area (Å²) in [4.78, 5) is 37.1. The summed E-state index contributed by atoms with van der Waals surface area (Å²) in [5.74, 6) is -0.877. The number of allylic oxidation sites excluding steroid dienone is 12. The van der Waals surface area contributed by atoms with Gasteiger partial charge in [0.1, 0.15) is 6.61 Å². The van der Waals surface area contributed by atoms with Gasteiger partial charge in [-0.15, -0.1) is 0 Å². The van der Waals surface area contributed by atoms with Crippen molar-refractivity contribution >= 4 is 19.8 Å². The first-order valence-corrected chi connectivity index (χ1v) is 24.7. The minimum atomic E-state index is -4.38. The third kappa shape index (κ3) is 44.8. The highest BCUT2D eigenvalue weighted by molar-refractivity contribution is 7.47. The Morgan fingerprint density at radius 1 is 0.525 bits per heavy atom. The molecule has 0 heterocycles. The Hall–Kier alpha value is -2.55. The van der Waals surface area contributed by atoms with Gasteiger partial charge in [-0.2, -0.15) is 0 Å². The van der Waals surface area contributed by atoms with Crippen molar-refractivity contribution in [1.29, 1.82) is 0 Å². The summed E-state index contributed by atoms with van der Waals surface area (Å²) in [6, 6.07) is 0. The normalized spacial score (nSPS) is 14.0. The Bertz CT molecular complexity index is 1210. The predicted molar refractivity (Wildman–Crippen MR) is 247 cm³/mol. The zero-order valence-corrected chi connectivity index (χ0v) is 38.8. The molecule has 340 valence electrons. The fourth-order valence-corrected chi connectivity index (χ4v) is 6.63. The summed E-state index contributed by atoms with van der Waals surface area (Å²) in [7, 11) is -0.745. The fraction of sp³-hybridized carbons (Fsp3) is 0.714. The van der Waals surface area contributed by atoms with Gasteiger partial charge in [-0.3, -0.25) is 18.6 Å². The molecule has 0 aromatic rings. The van der Waals surface area contributed by atoms with E-state index in [2.05, 4.69) is 86.8 Å². The van der Waals surface area contributed by atoms with Crippen LogP contribution in [0.4, 0.5) is 0 Å². The summed E-state index contributed by atoms with van der Waals surface area (Å²) in [6.07, 6.45) is 52.4. The van der Waals surface area contributed by atoms with Gasteiger partial charge in [0.05, 0.1) is 13.2 Å². The van der Waals surface area contributed by atoms with E-state index in [1.807, 2.05) is 19.0 Å². The van der Waals surface area contributed by atoms with Crippen LogP contribution in [0.2, 0.25) is 0 Å². The highest BCUT2D eigenvalue weighted by Gasteiger charge is 2.26. The number of nitrogens with zero attached hydrogens (tertiary/aromatic N) is 1. The maximum absolute atomic E-state index is 12.7. The van der Waals surface area contributed by atoms with Crippen molar-refractivity contribution in [2.45, 2.75) is 187 Å². The molecule has 0 saturated heterocycles. The largest absolute Gasteiger partial charge is 0.472 e. The quantitative estimate of drug-likeness (QED) is 0.0278. The molecular formula is C49H86NO8P. The van der Waals surface area contributed by atoms with E-state index in [1.54, 1.807) is 0 Å². The highest BCUT2D eigenvalue weighted by Crippen LogP contribution is 2.43. The number of carbonyl (C=O) groups is 2. The number of ether oxygens (including phenoxy) is 2. The predicted octanol–water partition coefficient (Wildman–Crippen LogP) is 13.7. The van der Waals surface area contributed by atoms with Crippen LogP contribution in [0.5, 0.6) is 0 Å². The number of phosphoric ester groups is 1. The zero-order chi connectivity index (χ0) is 43.3. The number of unbranched alkanes of at least 4 members (excludes halogenated alkanes) is 16. The van der Waals surface area contributed by atoms with Gasteiger partial charge in [-0.05, 0) is 97.6 Å². The summed E-state index contributed by atoms with van der Waals surface area (Å²) in [6.45, 7) is 4.20. The molecule has 10 heteroatoms. The lowest BCUT2D eigenvalue weighted by Crippen LogP contribution is -2.29. The first kappa shape index (κ1) is 56.5. The van der Waals surface area contributed by atoms with Crippen molar-refractivity contribution in [2.75, 3.05) is 40.5 Å². The lowest BCUT2D eigenvalue weighted by atomic mass is 10.1. The number of carbonyl (C=O) groups excluding carboxylic acids is 2. The fourth-order valence-electron chi connectivity index (χ4n) is 5.89. The Labute approximate surface area is 361 Å². The third-order valence-corrected chi connectivity index (χ3v) is 10.5. The molecule has 0 rings (SSSR count). The summed E-state index contributed by atoms with van der Waals surface area (Å²) in [5, 5.41) is 0. The van der Waals surface area contributed by atoms with Crippen LogP contribution < -0.4 is 0 Å². The molecule has 59 heavy (non-hydrogen) atoms. The minimum Gasteiger partial charge on any atom is -0.462 e. The maximum Gasteiger partial charge on any atom is 0.472 e. The summed E-state index contributed by atoms with van der Waals surface area (Å²) in [5.41, 5.74) is 0. The molecule has 0 amide bonds. The van der Waals surface area contributed by atoms with Crippen LogP contribution in [0.1, 0.15) is 181 Å². The van der Waals surface area contributed by atoms with Gasteiger partial charge >= 0.3 is 19.8 Å². The van der Waals surface area contributed by atoms with Crippen LogP contribution in [0.25, 0.3) is 0 Å². The Morgan fingerprint density at radius 3 is 1.41 bits per heavy atom. The molecule has 0 saturated carbocycles. The molecule has 0 aromatic heterocycles. The van der Waals surface area contributed by atoms with Crippen molar-refractivity contribution in [2.24, 2.45) is 0 Å². The molecule has 0 aliphatic heterocycles. The van der Waals surface area contributed by atoms with Gasteiger partial charge in [0.15, 0.2) is 6.10 Å². The van der Waals surface area contributed by atoms with E-state index in [-0.39, 0.29) is 26.1 Å². The second kappa shape index (κ2) is 43.5. The molecule has 2 atom stereocenters. The van der Waals surface area contributed by atoms with Gasteiger partial charge in [-0.1, -0.05) is 157 Å². The highest BCUT2D eigenvalue weighted by atomic mass is 31.2. The molecule has 0 spiro atoms. The molecule has 2 unspecified atom stereocenters. The van der Waals surface area contributed by atoms with E-state index in [9.17, 15) is 19.0 Å². The number of esters is 2. The third-order valence-electron chi connectivity index (χ3n) is 9.49. The van der Waals surface area contributed by atoms with E-state index in [0.29, 0.717) is 19.4 Å². The van der Waals surface area contributed by atoms with Gasteiger partial charge in [-0.25, -0.2) is 4.57 Å². The summed E-state index contributed by atoms with van der Waals surface area (Å²) < 4.78 is 33.5. The van der Waals surface area contributed by atoms with Crippen LogP contribution in [0.3, 0.4) is 0 Å². The first-order valence-electron chi connectivity index (χ1n) is 23.2. The smallest absolute Gasteiger partial charge is 0.462 e. The van der Waals surface area contributed by atoms with Crippen molar-refractivity contribution in [3.05, 3.63) is 72.9 Å². The minimum absolute atomic E-state index is 0.00513. The lowest BCUT2D eigenvalue weighted by molar-refractivity contribution is -0.161. The summed E-state index contributed by atoms with van der Waals surface area (Å²) >= 11 is 0. The number of hydrogen-bond donors (Lipinski definition) is 1. The molecule has 0 fully saturated rings. The standard InChI is InChI=1S/C49H86NO8P/c1-5-7-9-11-13-15-17-19-21-23-24-26-28-30-32-34-36-38-40-42-49(52)58-47(46-57-59(53,54)56-44-43-50(3)4)45-55-48(51)41-39-37-35-33-31-29-27-25-22-20-18-16-14-12-10-8-6-2/h13-16,19-22,27,29,33,35,47H,5-12,17-18,23-26,28,30-32,34,36-46H2,1-4H3,(H,53,54)/b15-13-,16-14-,21-19-,22-20-,29-27-,35-33-. The molecule has 0 aromatic carbocycles. The van der Waals surface area contributed by atoms with Crippen molar-refractivity contribution in [3.63, 3.8) is 0 Å². The molecule has 0 aliphatic rings. The molecule has 0 bridgehead atoms. The van der Waals surface area contributed by atoms with Crippen molar-refractivity contribution in [1.82, 2.24) is 4.90 Å². The maximum atomic E-state index is 12.7. The average molecular weight is 848 g/mol. The van der Waals surface area contributed by atoms with Crippen LogP contribution in [0, 0.1) is 0 Å². The van der Waals surface area contributed by atoms with Gasteiger partial charge in [0.2, 0.25) is 0 Å². The molecular weight excluding hydrogens is 762 g/mol. The van der Waals surface area contributed by atoms with E-state index < -0.39 is 32.5 Å². The van der Waals surface area contributed by atoms with Crippen LogP contribution in [-0.4, -0.2) is 68.3 Å². The molecule has 0 radical (unpaired) electrons. The van der Waals surface area contributed by atoms with Crippen LogP contribution in [0.15, 0.2) is 72.9 Å². The van der Waals surface area contributed by atoms with E-state index in [1.165, 1.54) is 83.5 Å². The number of phosphoric acid groups is 1. The topological polar surface area (TPSA) is 112 Å².